The van der Waals surface area contributed by atoms with Crippen molar-refractivity contribution in [2.45, 2.75) is 12.8 Å². The largest absolute Gasteiger partial charge is 0.481 e. The van der Waals surface area contributed by atoms with Crippen LogP contribution >= 0.6 is 11.6 Å². The van der Waals surface area contributed by atoms with Crippen molar-refractivity contribution in [1.29, 1.82) is 0 Å². The number of carboxylic acid groups (broad SMARTS) is 1. The number of halogens is 1. The molecule has 5 nitrogen and oxygen atoms in total. The number of aliphatic carboxylic acids is 1. The molecule has 0 unspecified atom stereocenters. The minimum Gasteiger partial charge on any atom is -0.481 e. The minimum atomic E-state index is -0.853. The van der Waals surface area contributed by atoms with E-state index in [2.05, 4.69) is 9.97 Å². The molecule has 0 bridgehead atoms. The number of hydrogen-bond acceptors (Lipinski definition) is 4. The van der Waals surface area contributed by atoms with E-state index in [0.717, 1.165) is 5.56 Å². The predicted octanol–water partition coefficient (Wildman–Crippen LogP) is 2.94. The van der Waals surface area contributed by atoms with Crippen LogP contribution in [0, 0.1) is 0 Å². The van der Waals surface area contributed by atoms with Crippen molar-refractivity contribution in [1.82, 2.24) is 9.97 Å². The van der Waals surface area contributed by atoms with Gasteiger partial charge in [0.2, 0.25) is 0 Å². The Hall–Kier alpha value is -2.14. The highest BCUT2D eigenvalue weighted by molar-refractivity contribution is 6.29. The van der Waals surface area contributed by atoms with Crippen molar-refractivity contribution in [2.24, 2.45) is 0 Å². The third kappa shape index (κ3) is 3.93. The van der Waals surface area contributed by atoms with Gasteiger partial charge in [-0.1, -0.05) is 29.8 Å². The Bertz CT molecular complexity index is 590. The zero-order valence-corrected chi connectivity index (χ0v) is 10.7. The molecule has 0 spiro atoms. The van der Waals surface area contributed by atoms with Crippen LogP contribution in [0.1, 0.15) is 12.0 Å². The molecule has 2 aromatic rings. The predicted molar refractivity (Wildman–Crippen MR) is 69.5 cm³/mol. The molecule has 0 fully saturated rings. The number of benzene rings is 1. The van der Waals surface area contributed by atoms with Crippen LogP contribution in [-0.2, 0) is 11.2 Å². The number of carboxylic acids is 1. The van der Waals surface area contributed by atoms with Gasteiger partial charge in [0.05, 0.1) is 0 Å². The van der Waals surface area contributed by atoms with Crippen molar-refractivity contribution in [3.63, 3.8) is 0 Å². The number of carbonyl (C=O) groups is 1. The van der Waals surface area contributed by atoms with Crippen LogP contribution in [0.25, 0.3) is 0 Å². The van der Waals surface area contributed by atoms with E-state index in [1.807, 2.05) is 12.1 Å². The number of rotatable bonds is 5. The first-order valence-corrected chi connectivity index (χ1v) is 5.99. The van der Waals surface area contributed by atoms with Crippen LogP contribution in [0.15, 0.2) is 36.5 Å². The Morgan fingerprint density at radius 3 is 2.84 bits per heavy atom. The third-order valence-electron chi connectivity index (χ3n) is 2.38. The molecule has 0 saturated heterocycles. The van der Waals surface area contributed by atoms with E-state index >= 15 is 0 Å². The van der Waals surface area contributed by atoms with Crippen molar-refractivity contribution in [2.75, 3.05) is 0 Å². The lowest BCUT2D eigenvalue weighted by molar-refractivity contribution is -0.136. The lowest BCUT2D eigenvalue weighted by Crippen LogP contribution is -2.00. The van der Waals surface area contributed by atoms with Crippen molar-refractivity contribution < 1.29 is 14.6 Å². The second-order valence-corrected chi connectivity index (χ2v) is 4.15. The van der Waals surface area contributed by atoms with E-state index in [0.29, 0.717) is 12.2 Å². The maximum Gasteiger partial charge on any atom is 0.323 e. The van der Waals surface area contributed by atoms with Gasteiger partial charge in [-0.15, -0.1) is 0 Å². The molecule has 1 aromatic carbocycles. The van der Waals surface area contributed by atoms with Gasteiger partial charge in [-0.05, 0) is 24.1 Å². The molecule has 19 heavy (non-hydrogen) atoms. The van der Waals surface area contributed by atoms with Gasteiger partial charge in [0, 0.05) is 12.6 Å². The van der Waals surface area contributed by atoms with Gasteiger partial charge in [0.25, 0.3) is 0 Å². The van der Waals surface area contributed by atoms with E-state index in [4.69, 9.17) is 21.4 Å². The Kier molecular flexibility index (Phi) is 4.30. The lowest BCUT2D eigenvalue weighted by Gasteiger charge is -2.08. The minimum absolute atomic E-state index is 0.0385. The number of aryl methyl sites for hydroxylation is 1. The second kappa shape index (κ2) is 6.15. The van der Waals surface area contributed by atoms with Crippen molar-refractivity contribution in [3.8, 4) is 11.8 Å². The molecule has 0 atom stereocenters. The summed E-state index contributed by atoms with van der Waals surface area (Å²) in [6.07, 6.45) is 1.91. The molecule has 0 aliphatic carbocycles. The average Bonchev–Trinajstić information content (AvgIpc) is 2.38. The van der Waals surface area contributed by atoms with Gasteiger partial charge in [-0.3, -0.25) is 4.79 Å². The summed E-state index contributed by atoms with van der Waals surface area (Å²) < 4.78 is 5.52. The molecule has 98 valence electrons. The number of aromatic nitrogens is 2. The van der Waals surface area contributed by atoms with Crippen molar-refractivity contribution in [3.05, 3.63) is 47.2 Å². The molecule has 0 saturated carbocycles. The summed E-state index contributed by atoms with van der Waals surface area (Å²) in [7, 11) is 0. The Morgan fingerprint density at radius 1 is 1.32 bits per heavy atom. The van der Waals surface area contributed by atoms with Crippen LogP contribution in [-0.4, -0.2) is 21.0 Å². The monoisotopic (exact) mass is 278 g/mol. The Balaban J connectivity index is 2.17. The number of ether oxygens (including phenoxy) is 1. The number of hydrogen-bond donors (Lipinski definition) is 1. The second-order valence-electron chi connectivity index (χ2n) is 3.77. The first-order valence-electron chi connectivity index (χ1n) is 5.61. The van der Waals surface area contributed by atoms with Crippen LogP contribution in [0.4, 0.5) is 0 Å². The molecule has 0 aliphatic heterocycles. The first kappa shape index (κ1) is 13.3. The van der Waals surface area contributed by atoms with E-state index in [9.17, 15) is 4.79 Å². The van der Waals surface area contributed by atoms with Crippen LogP contribution < -0.4 is 4.74 Å². The smallest absolute Gasteiger partial charge is 0.323 e. The summed E-state index contributed by atoms with van der Waals surface area (Å²) in [5, 5.41) is 8.99. The summed E-state index contributed by atoms with van der Waals surface area (Å²) in [4.78, 5) is 18.5. The quantitative estimate of drug-likeness (QED) is 0.851. The van der Waals surface area contributed by atoms with Gasteiger partial charge < -0.3 is 9.84 Å². The van der Waals surface area contributed by atoms with Crippen molar-refractivity contribution >= 4 is 17.6 Å². The van der Waals surface area contributed by atoms with Crippen LogP contribution in [0.5, 0.6) is 11.8 Å². The number of para-hydroxylation sites is 1. The zero-order chi connectivity index (χ0) is 13.7. The molecule has 0 aliphatic rings. The summed E-state index contributed by atoms with van der Waals surface area (Å²) >= 11 is 5.74. The molecular formula is C13H11ClN2O3. The third-order valence-corrected chi connectivity index (χ3v) is 2.59. The van der Waals surface area contributed by atoms with Gasteiger partial charge in [0.15, 0.2) is 0 Å². The summed E-state index contributed by atoms with van der Waals surface area (Å²) in [6, 6.07) is 8.84. The summed E-state index contributed by atoms with van der Waals surface area (Å²) in [6.45, 7) is 0. The molecule has 2 rings (SSSR count). The Morgan fingerprint density at radius 2 is 2.11 bits per heavy atom. The van der Waals surface area contributed by atoms with Crippen LogP contribution in [0.3, 0.4) is 0 Å². The first-order chi connectivity index (χ1) is 9.15. The maximum absolute atomic E-state index is 10.6. The van der Waals surface area contributed by atoms with Gasteiger partial charge in [-0.25, -0.2) is 4.98 Å². The highest BCUT2D eigenvalue weighted by atomic mass is 35.5. The average molecular weight is 279 g/mol. The maximum atomic E-state index is 10.6. The van der Waals surface area contributed by atoms with Gasteiger partial charge in [-0.2, -0.15) is 4.98 Å². The summed E-state index contributed by atoms with van der Waals surface area (Å²) in [5.41, 5.74) is 0.786. The topological polar surface area (TPSA) is 72.3 Å². The van der Waals surface area contributed by atoms with E-state index < -0.39 is 5.97 Å². The fraction of sp³-hybridized carbons (Fsp3) is 0.154. The van der Waals surface area contributed by atoms with Gasteiger partial charge >= 0.3 is 12.0 Å². The molecule has 0 radical (unpaired) electrons. The molecule has 6 heteroatoms. The highest BCUT2D eigenvalue weighted by Crippen LogP contribution is 2.24. The standard InChI is InChI=1S/C13H11ClN2O3/c14-11-7-8-15-13(16-11)19-10-4-2-1-3-9(10)5-6-12(17)18/h1-4,7-8H,5-6H2,(H,17,18). The fourth-order valence-corrected chi connectivity index (χ4v) is 1.65. The normalized spacial score (nSPS) is 10.2. The fourth-order valence-electron chi connectivity index (χ4n) is 1.52. The molecule has 1 heterocycles. The SMILES string of the molecule is O=C(O)CCc1ccccc1Oc1nccc(Cl)n1. The molecule has 0 amide bonds. The van der Waals surface area contributed by atoms with Gasteiger partial charge in [0.1, 0.15) is 10.9 Å². The highest BCUT2D eigenvalue weighted by Gasteiger charge is 2.08. The van der Waals surface area contributed by atoms with E-state index in [-0.39, 0.29) is 17.6 Å². The molecule has 1 aromatic heterocycles. The van der Waals surface area contributed by atoms with E-state index in [1.54, 1.807) is 18.2 Å². The Labute approximate surface area is 114 Å². The molecule has 1 N–H and O–H groups in total. The lowest BCUT2D eigenvalue weighted by atomic mass is 10.1. The number of nitrogens with zero attached hydrogens (tertiary/aromatic N) is 2. The summed E-state index contributed by atoms with van der Waals surface area (Å²) in [5.74, 6) is -0.320. The van der Waals surface area contributed by atoms with E-state index in [1.165, 1.54) is 6.20 Å². The molecular weight excluding hydrogens is 268 g/mol. The zero-order valence-electron chi connectivity index (χ0n) is 9.91. The van der Waals surface area contributed by atoms with Crippen LogP contribution in [0.2, 0.25) is 5.15 Å².